The van der Waals surface area contributed by atoms with Crippen LogP contribution in [-0.4, -0.2) is 31.2 Å². The van der Waals surface area contributed by atoms with E-state index >= 15 is 0 Å². The normalized spacial score (nSPS) is 10.6. The van der Waals surface area contributed by atoms with Gasteiger partial charge in [0.25, 0.3) is 0 Å². The van der Waals surface area contributed by atoms with Gasteiger partial charge in [-0.25, -0.2) is 9.97 Å². The smallest absolute Gasteiger partial charge is 0.133 e. The first-order valence-electron chi connectivity index (χ1n) is 6.87. The van der Waals surface area contributed by atoms with Crippen molar-refractivity contribution >= 4 is 5.82 Å². The fraction of sp³-hybridized carbons (Fsp3) is 0.375. The maximum atomic E-state index is 5.47. The molecular formula is C16H21N3O2. The van der Waals surface area contributed by atoms with E-state index in [1.165, 1.54) is 0 Å². The molecule has 112 valence electrons. The molecule has 0 saturated heterocycles. The van der Waals surface area contributed by atoms with E-state index in [1.54, 1.807) is 20.5 Å². The topological polar surface area (TPSA) is 56.3 Å². The summed E-state index contributed by atoms with van der Waals surface area (Å²) in [7, 11) is 5.16. The van der Waals surface area contributed by atoms with E-state index in [4.69, 9.17) is 9.47 Å². The first-order valence-corrected chi connectivity index (χ1v) is 6.87. The van der Waals surface area contributed by atoms with E-state index in [1.807, 2.05) is 25.2 Å². The second-order valence-electron chi connectivity index (χ2n) is 4.96. The lowest BCUT2D eigenvalue weighted by Crippen LogP contribution is -2.05. The molecule has 0 atom stereocenters. The number of hydrogen-bond donors (Lipinski definition) is 1. The lowest BCUT2D eigenvalue weighted by molar-refractivity contribution is 0.404. The monoisotopic (exact) mass is 287 g/mol. The number of methoxy groups -OCH3 is 2. The summed E-state index contributed by atoms with van der Waals surface area (Å²) in [5.41, 5.74) is 2.83. The molecule has 0 spiro atoms. The molecule has 5 nitrogen and oxygen atoms in total. The number of anilines is 1. The molecule has 0 radical (unpaired) electrons. The van der Waals surface area contributed by atoms with Gasteiger partial charge in [-0.15, -0.1) is 0 Å². The average Bonchev–Trinajstić information content (AvgIpc) is 2.53. The third kappa shape index (κ3) is 2.91. The molecule has 21 heavy (non-hydrogen) atoms. The zero-order valence-corrected chi connectivity index (χ0v) is 13.1. The zero-order chi connectivity index (χ0) is 15.4. The van der Waals surface area contributed by atoms with Gasteiger partial charge in [-0.2, -0.15) is 0 Å². The Labute approximate surface area is 125 Å². The van der Waals surface area contributed by atoms with Crippen LogP contribution in [0.5, 0.6) is 11.5 Å². The van der Waals surface area contributed by atoms with Gasteiger partial charge < -0.3 is 14.8 Å². The highest BCUT2D eigenvalue weighted by Crippen LogP contribution is 2.38. The molecule has 0 bridgehead atoms. The van der Waals surface area contributed by atoms with Gasteiger partial charge >= 0.3 is 0 Å². The standard InChI is InChI=1S/C16H21N3O2/c1-10(2)14-15(18-9-19-16(14)17-3)12-8-11(20-4)6-7-13(12)21-5/h6-10H,1-5H3,(H,17,18,19). The Morgan fingerprint density at radius 1 is 1.10 bits per heavy atom. The second-order valence-corrected chi connectivity index (χ2v) is 4.96. The number of nitrogens with zero attached hydrogens (tertiary/aromatic N) is 2. The van der Waals surface area contributed by atoms with Gasteiger partial charge in [-0.05, 0) is 24.1 Å². The van der Waals surface area contributed by atoms with Gasteiger partial charge in [0.2, 0.25) is 0 Å². The van der Waals surface area contributed by atoms with Crippen LogP contribution >= 0.6 is 0 Å². The van der Waals surface area contributed by atoms with Crippen molar-refractivity contribution in [3.8, 4) is 22.8 Å². The predicted molar refractivity (Wildman–Crippen MR) is 84.2 cm³/mol. The van der Waals surface area contributed by atoms with Crippen molar-refractivity contribution in [1.82, 2.24) is 9.97 Å². The van der Waals surface area contributed by atoms with Crippen molar-refractivity contribution in [1.29, 1.82) is 0 Å². The van der Waals surface area contributed by atoms with Crippen molar-refractivity contribution < 1.29 is 9.47 Å². The number of rotatable bonds is 5. The van der Waals surface area contributed by atoms with Crippen LogP contribution < -0.4 is 14.8 Å². The third-order valence-electron chi connectivity index (χ3n) is 3.36. The predicted octanol–water partition coefficient (Wildman–Crippen LogP) is 3.33. The zero-order valence-electron chi connectivity index (χ0n) is 13.1. The summed E-state index contributed by atoms with van der Waals surface area (Å²) in [6.45, 7) is 4.24. The molecule has 0 saturated carbocycles. The van der Waals surface area contributed by atoms with Crippen LogP contribution in [0.15, 0.2) is 24.5 Å². The number of benzene rings is 1. The molecule has 1 aromatic heterocycles. The molecule has 1 aromatic carbocycles. The van der Waals surface area contributed by atoms with Gasteiger partial charge in [0.1, 0.15) is 23.6 Å². The van der Waals surface area contributed by atoms with Crippen molar-refractivity contribution in [2.24, 2.45) is 0 Å². The van der Waals surface area contributed by atoms with Gasteiger partial charge in [0, 0.05) is 18.2 Å². The van der Waals surface area contributed by atoms with E-state index < -0.39 is 0 Å². The van der Waals surface area contributed by atoms with E-state index in [0.29, 0.717) is 0 Å². The summed E-state index contributed by atoms with van der Waals surface area (Å²) in [6, 6.07) is 5.70. The fourth-order valence-corrected chi connectivity index (χ4v) is 2.36. The molecule has 0 aliphatic rings. The first kappa shape index (κ1) is 15.1. The molecule has 1 N–H and O–H groups in total. The van der Waals surface area contributed by atoms with Crippen molar-refractivity contribution in [2.75, 3.05) is 26.6 Å². The van der Waals surface area contributed by atoms with Gasteiger partial charge in [0.05, 0.1) is 19.9 Å². The Balaban J connectivity index is 2.71. The Kier molecular flexibility index (Phi) is 4.62. The van der Waals surface area contributed by atoms with E-state index in [9.17, 15) is 0 Å². The Bertz CT molecular complexity index is 627. The molecule has 2 aromatic rings. The molecule has 0 aliphatic heterocycles. The van der Waals surface area contributed by atoms with Crippen molar-refractivity contribution in [3.05, 3.63) is 30.1 Å². The highest BCUT2D eigenvalue weighted by Gasteiger charge is 2.19. The van der Waals surface area contributed by atoms with E-state index in [-0.39, 0.29) is 5.92 Å². The van der Waals surface area contributed by atoms with E-state index in [0.717, 1.165) is 34.1 Å². The SMILES string of the molecule is CNc1ncnc(-c2cc(OC)ccc2OC)c1C(C)C. The van der Waals surface area contributed by atoms with Crippen LogP contribution in [0.3, 0.4) is 0 Å². The Hall–Kier alpha value is -2.30. The van der Waals surface area contributed by atoms with E-state index in [2.05, 4.69) is 29.1 Å². The fourth-order valence-electron chi connectivity index (χ4n) is 2.36. The summed E-state index contributed by atoms with van der Waals surface area (Å²) in [5.74, 6) is 2.64. The number of hydrogen-bond acceptors (Lipinski definition) is 5. The summed E-state index contributed by atoms with van der Waals surface area (Å²) < 4.78 is 10.8. The number of aromatic nitrogens is 2. The molecule has 0 amide bonds. The Morgan fingerprint density at radius 3 is 2.43 bits per heavy atom. The largest absolute Gasteiger partial charge is 0.497 e. The molecular weight excluding hydrogens is 266 g/mol. The summed E-state index contributed by atoms with van der Waals surface area (Å²) in [5, 5.41) is 3.13. The van der Waals surface area contributed by atoms with Crippen molar-refractivity contribution in [3.63, 3.8) is 0 Å². The highest BCUT2D eigenvalue weighted by molar-refractivity contribution is 5.75. The van der Waals surface area contributed by atoms with Gasteiger partial charge in [-0.3, -0.25) is 0 Å². The molecule has 0 unspecified atom stereocenters. The summed E-state index contributed by atoms with van der Waals surface area (Å²) in [4.78, 5) is 8.78. The maximum absolute atomic E-state index is 5.47. The number of ether oxygens (including phenoxy) is 2. The van der Waals surface area contributed by atoms with Crippen molar-refractivity contribution in [2.45, 2.75) is 19.8 Å². The summed E-state index contributed by atoms with van der Waals surface area (Å²) >= 11 is 0. The lowest BCUT2D eigenvalue weighted by atomic mass is 9.96. The quantitative estimate of drug-likeness (QED) is 0.914. The third-order valence-corrected chi connectivity index (χ3v) is 3.36. The van der Waals surface area contributed by atoms with Crippen LogP contribution in [0.25, 0.3) is 11.3 Å². The minimum atomic E-state index is 0.277. The second kappa shape index (κ2) is 6.43. The van der Waals surface area contributed by atoms with Crippen LogP contribution in [0, 0.1) is 0 Å². The highest BCUT2D eigenvalue weighted by atomic mass is 16.5. The van der Waals surface area contributed by atoms with Crippen LogP contribution in [0.4, 0.5) is 5.82 Å². The molecule has 1 heterocycles. The minimum Gasteiger partial charge on any atom is -0.497 e. The summed E-state index contributed by atoms with van der Waals surface area (Å²) in [6.07, 6.45) is 1.56. The van der Waals surface area contributed by atoms with Gasteiger partial charge in [-0.1, -0.05) is 13.8 Å². The minimum absolute atomic E-state index is 0.277. The first-order chi connectivity index (χ1) is 10.1. The molecule has 0 aliphatic carbocycles. The maximum Gasteiger partial charge on any atom is 0.133 e. The van der Waals surface area contributed by atoms with Crippen LogP contribution in [0.1, 0.15) is 25.3 Å². The lowest BCUT2D eigenvalue weighted by Gasteiger charge is -2.17. The van der Waals surface area contributed by atoms with Gasteiger partial charge in [0.15, 0.2) is 0 Å². The van der Waals surface area contributed by atoms with Crippen LogP contribution in [-0.2, 0) is 0 Å². The molecule has 5 heteroatoms. The molecule has 0 fully saturated rings. The molecule has 2 rings (SSSR count). The van der Waals surface area contributed by atoms with Crippen LogP contribution in [0.2, 0.25) is 0 Å². The number of nitrogens with one attached hydrogen (secondary N) is 1. The average molecular weight is 287 g/mol. The Morgan fingerprint density at radius 2 is 1.86 bits per heavy atom.